The Morgan fingerprint density at radius 2 is 1.94 bits per heavy atom. The Morgan fingerprint density at radius 3 is 2.53 bits per heavy atom. The number of hydrogen-bond acceptors (Lipinski definition) is 2. The molecule has 0 fully saturated rings. The monoisotopic (exact) mass is 293 g/mol. The van der Waals surface area contributed by atoms with Gasteiger partial charge in [0.15, 0.2) is 0 Å². The van der Waals surface area contributed by atoms with Gasteiger partial charge in [0.05, 0.1) is 6.54 Å². The zero-order valence-electron chi connectivity index (χ0n) is 9.86. The van der Waals surface area contributed by atoms with Crippen LogP contribution in [0.2, 0.25) is 0 Å². The fraction of sp³-hybridized carbons (Fsp3) is 0.308. The molecule has 17 heavy (non-hydrogen) atoms. The van der Waals surface area contributed by atoms with Crippen molar-refractivity contribution < 1.29 is 0 Å². The first-order valence-corrected chi connectivity index (χ1v) is 6.44. The van der Waals surface area contributed by atoms with Gasteiger partial charge in [0, 0.05) is 23.4 Å². The summed E-state index contributed by atoms with van der Waals surface area (Å²) in [6.07, 6.45) is 3.93. The maximum absolute atomic E-state index is 5.60. The summed E-state index contributed by atoms with van der Waals surface area (Å²) in [5, 5.41) is 0. The first-order valence-electron chi connectivity index (χ1n) is 5.64. The van der Waals surface area contributed by atoms with Crippen molar-refractivity contribution in [1.29, 1.82) is 0 Å². The van der Waals surface area contributed by atoms with Gasteiger partial charge >= 0.3 is 0 Å². The molecule has 2 aromatic rings. The lowest BCUT2D eigenvalue weighted by Gasteiger charge is -2.05. The molecule has 0 aliphatic carbocycles. The van der Waals surface area contributed by atoms with E-state index in [4.69, 9.17) is 5.73 Å². The third-order valence-electron chi connectivity index (χ3n) is 2.95. The Hall–Kier alpha value is -1.13. The zero-order chi connectivity index (χ0) is 12.3. The molecule has 90 valence electrons. The highest BCUT2D eigenvalue weighted by Crippen LogP contribution is 2.13. The Bertz CT molecular complexity index is 488. The highest BCUT2D eigenvalue weighted by atomic mass is 79.9. The highest BCUT2D eigenvalue weighted by molar-refractivity contribution is 9.10. The van der Waals surface area contributed by atoms with Gasteiger partial charge in [-0.1, -0.05) is 28.1 Å². The zero-order valence-corrected chi connectivity index (χ0v) is 11.4. The van der Waals surface area contributed by atoms with Crippen LogP contribution in [-0.2, 0) is 26.4 Å². The van der Waals surface area contributed by atoms with Crippen molar-refractivity contribution in [2.75, 3.05) is 0 Å². The number of nitrogens with zero attached hydrogens (tertiary/aromatic N) is 2. The summed E-state index contributed by atoms with van der Waals surface area (Å²) in [6, 6.07) is 8.43. The second-order valence-corrected chi connectivity index (χ2v) is 4.97. The third-order valence-corrected chi connectivity index (χ3v) is 3.47. The molecule has 1 aromatic heterocycles. The van der Waals surface area contributed by atoms with Crippen LogP contribution in [0.3, 0.4) is 0 Å². The number of imidazole rings is 1. The van der Waals surface area contributed by atoms with Crippen LogP contribution in [-0.4, -0.2) is 9.55 Å². The van der Waals surface area contributed by atoms with Gasteiger partial charge in [0.25, 0.3) is 0 Å². The maximum Gasteiger partial charge on any atom is 0.122 e. The molecule has 2 N–H and O–H groups in total. The Labute approximate surface area is 110 Å². The lowest BCUT2D eigenvalue weighted by Crippen LogP contribution is -2.07. The van der Waals surface area contributed by atoms with Crippen LogP contribution in [0.1, 0.15) is 17.1 Å². The molecule has 3 nitrogen and oxygen atoms in total. The minimum Gasteiger partial charge on any atom is -0.334 e. The van der Waals surface area contributed by atoms with E-state index in [2.05, 4.69) is 49.7 Å². The largest absolute Gasteiger partial charge is 0.334 e. The van der Waals surface area contributed by atoms with Crippen LogP contribution >= 0.6 is 15.9 Å². The predicted octanol–water partition coefficient (Wildman–Crippen LogP) is 2.43. The summed E-state index contributed by atoms with van der Waals surface area (Å²) in [4.78, 5) is 4.29. The quantitative estimate of drug-likeness (QED) is 0.941. The number of aromatic nitrogens is 2. The molecular formula is C13H16BrN3. The van der Waals surface area contributed by atoms with Crippen LogP contribution in [0.15, 0.2) is 34.9 Å². The fourth-order valence-electron chi connectivity index (χ4n) is 1.83. The van der Waals surface area contributed by atoms with Crippen LogP contribution in [0, 0.1) is 0 Å². The van der Waals surface area contributed by atoms with E-state index in [1.807, 2.05) is 13.2 Å². The van der Waals surface area contributed by atoms with E-state index in [9.17, 15) is 0 Å². The van der Waals surface area contributed by atoms with Gasteiger partial charge < -0.3 is 10.3 Å². The van der Waals surface area contributed by atoms with E-state index in [0.29, 0.717) is 6.54 Å². The van der Waals surface area contributed by atoms with Crippen molar-refractivity contribution in [2.24, 2.45) is 12.8 Å². The van der Waals surface area contributed by atoms with E-state index in [1.54, 1.807) is 0 Å². The number of aryl methyl sites for hydroxylation is 2. The number of nitrogens with two attached hydrogens (primary N) is 1. The first-order chi connectivity index (χ1) is 8.20. The average Bonchev–Trinajstić information content (AvgIpc) is 2.69. The fourth-order valence-corrected chi connectivity index (χ4v) is 2.10. The van der Waals surface area contributed by atoms with Crippen LogP contribution in [0.5, 0.6) is 0 Å². The molecule has 0 saturated carbocycles. The van der Waals surface area contributed by atoms with Gasteiger partial charge in [0.2, 0.25) is 0 Å². The molecule has 0 amide bonds. The summed E-state index contributed by atoms with van der Waals surface area (Å²) in [7, 11) is 2.02. The summed E-state index contributed by atoms with van der Waals surface area (Å²) in [6.45, 7) is 0.495. The van der Waals surface area contributed by atoms with Gasteiger partial charge in [-0.05, 0) is 30.5 Å². The SMILES string of the molecule is Cn1c(CCc2ccc(Br)cc2)cnc1CN. The summed E-state index contributed by atoms with van der Waals surface area (Å²) in [5.41, 5.74) is 8.17. The lowest BCUT2D eigenvalue weighted by atomic mass is 10.1. The van der Waals surface area contributed by atoms with Crippen molar-refractivity contribution >= 4 is 15.9 Å². The third kappa shape index (κ3) is 2.96. The molecule has 0 atom stereocenters. The molecule has 2 rings (SSSR count). The molecular weight excluding hydrogens is 278 g/mol. The number of hydrogen-bond donors (Lipinski definition) is 1. The second kappa shape index (κ2) is 5.47. The number of halogens is 1. The summed E-state index contributed by atoms with van der Waals surface area (Å²) in [5.74, 6) is 0.941. The van der Waals surface area contributed by atoms with Crippen molar-refractivity contribution in [3.05, 3.63) is 52.0 Å². The average molecular weight is 294 g/mol. The molecule has 0 radical (unpaired) electrons. The van der Waals surface area contributed by atoms with Gasteiger partial charge in [-0.2, -0.15) is 0 Å². The standard InChI is InChI=1S/C13H16BrN3/c1-17-12(9-16-13(17)8-15)7-4-10-2-5-11(14)6-3-10/h2-3,5-6,9H,4,7-8,15H2,1H3. The lowest BCUT2D eigenvalue weighted by molar-refractivity contribution is 0.739. The van der Waals surface area contributed by atoms with Crippen LogP contribution < -0.4 is 5.73 Å². The summed E-state index contributed by atoms with van der Waals surface area (Å²) < 4.78 is 3.20. The first kappa shape index (κ1) is 12.3. The van der Waals surface area contributed by atoms with Crippen LogP contribution in [0.25, 0.3) is 0 Å². The number of rotatable bonds is 4. The van der Waals surface area contributed by atoms with Gasteiger partial charge in [-0.3, -0.25) is 0 Å². The molecule has 0 unspecified atom stereocenters. The molecule has 0 spiro atoms. The Balaban J connectivity index is 2.02. The molecule has 1 aromatic carbocycles. The normalized spacial score (nSPS) is 10.8. The van der Waals surface area contributed by atoms with Gasteiger partial charge in [-0.15, -0.1) is 0 Å². The Kier molecular flexibility index (Phi) is 3.97. The van der Waals surface area contributed by atoms with Crippen LogP contribution in [0.4, 0.5) is 0 Å². The van der Waals surface area contributed by atoms with E-state index < -0.39 is 0 Å². The van der Waals surface area contributed by atoms with Crippen molar-refractivity contribution in [1.82, 2.24) is 9.55 Å². The maximum atomic E-state index is 5.60. The summed E-state index contributed by atoms with van der Waals surface area (Å²) >= 11 is 3.44. The van der Waals surface area contributed by atoms with E-state index >= 15 is 0 Å². The molecule has 0 bridgehead atoms. The molecule has 4 heteroatoms. The molecule has 0 aliphatic heterocycles. The van der Waals surface area contributed by atoms with Crippen molar-refractivity contribution in [3.63, 3.8) is 0 Å². The van der Waals surface area contributed by atoms with E-state index in [1.165, 1.54) is 11.3 Å². The molecule has 1 heterocycles. The highest BCUT2D eigenvalue weighted by Gasteiger charge is 2.04. The minimum atomic E-state index is 0.495. The molecule has 0 saturated heterocycles. The minimum absolute atomic E-state index is 0.495. The topological polar surface area (TPSA) is 43.8 Å². The number of benzene rings is 1. The van der Waals surface area contributed by atoms with Gasteiger partial charge in [-0.25, -0.2) is 4.98 Å². The van der Waals surface area contributed by atoms with Gasteiger partial charge in [0.1, 0.15) is 5.82 Å². The smallest absolute Gasteiger partial charge is 0.122 e. The van der Waals surface area contributed by atoms with E-state index in [-0.39, 0.29) is 0 Å². The Morgan fingerprint density at radius 1 is 1.24 bits per heavy atom. The molecule has 0 aliphatic rings. The second-order valence-electron chi connectivity index (χ2n) is 4.06. The predicted molar refractivity (Wildman–Crippen MR) is 72.6 cm³/mol. The van der Waals surface area contributed by atoms with E-state index in [0.717, 1.165) is 23.1 Å². The van der Waals surface area contributed by atoms with Crippen molar-refractivity contribution in [3.8, 4) is 0 Å². The van der Waals surface area contributed by atoms with Crippen molar-refractivity contribution in [2.45, 2.75) is 19.4 Å².